The van der Waals surface area contributed by atoms with E-state index < -0.39 is 16.3 Å². The second kappa shape index (κ2) is 3.87. The van der Waals surface area contributed by atoms with Crippen molar-refractivity contribution in [2.75, 3.05) is 6.54 Å². The molecule has 0 fully saturated rings. The first kappa shape index (κ1) is 9.83. The van der Waals surface area contributed by atoms with Gasteiger partial charge in [-0.3, -0.25) is 0 Å². The predicted octanol–water partition coefficient (Wildman–Crippen LogP) is -1.45. The monoisotopic (exact) mass is 168 g/mol. The van der Waals surface area contributed by atoms with E-state index in [4.69, 9.17) is 5.11 Å². The molecule has 0 aliphatic carbocycles. The molecule has 0 aromatic heterocycles. The van der Waals surface area contributed by atoms with Crippen LogP contribution in [0.4, 0.5) is 0 Å². The van der Waals surface area contributed by atoms with Crippen LogP contribution in [0.2, 0.25) is 0 Å². The number of nitrogens with one attached hydrogen (secondary N) is 1. The van der Waals surface area contributed by atoms with Gasteiger partial charge in [0.1, 0.15) is 0 Å². The molecule has 0 saturated carbocycles. The van der Waals surface area contributed by atoms with Crippen LogP contribution in [0, 0.1) is 0 Å². The van der Waals surface area contributed by atoms with Gasteiger partial charge in [0.25, 0.3) is 10.2 Å². The topological polar surface area (TPSA) is 92.4 Å². The van der Waals surface area contributed by atoms with E-state index in [-0.39, 0.29) is 6.54 Å². The molecule has 0 aromatic rings. The van der Waals surface area contributed by atoms with Gasteiger partial charge in [-0.1, -0.05) is 0 Å². The summed E-state index contributed by atoms with van der Waals surface area (Å²) in [6, 6.07) is 0. The van der Waals surface area contributed by atoms with E-state index in [1.165, 1.54) is 0 Å². The second-order valence-corrected chi connectivity index (χ2v) is 3.46. The fourth-order valence-corrected chi connectivity index (χ4v) is 0.812. The van der Waals surface area contributed by atoms with Gasteiger partial charge in [-0.2, -0.15) is 8.42 Å². The molecule has 0 saturated heterocycles. The van der Waals surface area contributed by atoms with E-state index in [0.717, 1.165) is 0 Å². The highest BCUT2D eigenvalue weighted by atomic mass is 32.2. The van der Waals surface area contributed by atoms with Crippen LogP contribution in [0.5, 0.6) is 0 Å². The molecule has 4 N–H and O–H groups in total. The maximum absolute atomic E-state index is 10.2. The van der Waals surface area contributed by atoms with Crippen molar-refractivity contribution in [2.24, 2.45) is 5.14 Å². The van der Waals surface area contributed by atoms with E-state index in [0.29, 0.717) is 6.42 Å². The molecule has 0 bridgehead atoms. The summed E-state index contributed by atoms with van der Waals surface area (Å²) in [4.78, 5) is 0. The number of hydrogen-bond donors (Lipinski definition) is 3. The number of hydrogen-bond acceptors (Lipinski definition) is 3. The Kier molecular flexibility index (Phi) is 3.80. The molecule has 0 aliphatic rings. The minimum absolute atomic E-state index is 0.177. The van der Waals surface area contributed by atoms with Gasteiger partial charge in [0.2, 0.25) is 0 Å². The van der Waals surface area contributed by atoms with Crippen molar-refractivity contribution in [1.82, 2.24) is 4.72 Å². The standard InChI is InChI=1S/C4H12N2O3S/c1-4(7)2-3-6-10(5,8)9/h4,6-7H,2-3H2,1H3,(H2,5,8,9)/t4-/m0/s1. The largest absolute Gasteiger partial charge is 0.393 e. The molecule has 62 valence electrons. The minimum Gasteiger partial charge on any atom is -0.393 e. The maximum atomic E-state index is 10.2. The fraction of sp³-hybridized carbons (Fsp3) is 1.00. The molecule has 0 spiro atoms. The first-order valence-electron chi connectivity index (χ1n) is 2.87. The first-order chi connectivity index (χ1) is 4.42. The Balaban J connectivity index is 3.39. The molecular weight excluding hydrogens is 156 g/mol. The Bertz CT molecular complexity index is 175. The fourth-order valence-electron chi connectivity index (χ4n) is 0.410. The maximum Gasteiger partial charge on any atom is 0.274 e. The van der Waals surface area contributed by atoms with Crippen molar-refractivity contribution < 1.29 is 13.5 Å². The molecule has 0 heterocycles. The highest BCUT2D eigenvalue weighted by Gasteiger charge is 2.00. The molecular formula is C4H12N2O3S. The lowest BCUT2D eigenvalue weighted by Crippen LogP contribution is -2.32. The molecule has 1 atom stereocenters. The lowest BCUT2D eigenvalue weighted by Gasteiger charge is -2.02. The second-order valence-electron chi connectivity index (χ2n) is 2.08. The van der Waals surface area contributed by atoms with Gasteiger partial charge >= 0.3 is 0 Å². The average molecular weight is 168 g/mol. The first-order valence-corrected chi connectivity index (χ1v) is 4.42. The summed E-state index contributed by atoms with van der Waals surface area (Å²) in [5, 5.41) is 13.3. The highest BCUT2D eigenvalue weighted by Crippen LogP contribution is 1.85. The van der Waals surface area contributed by atoms with Gasteiger partial charge in [-0.05, 0) is 13.3 Å². The van der Waals surface area contributed by atoms with Gasteiger partial charge in [0.15, 0.2) is 0 Å². The Morgan fingerprint density at radius 3 is 2.50 bits per heavy atom. The van der Waals surface area contributed by atoms with Crippen LogP contribution in [0.15, 0.2) is 0 Å². The van der Waals surface area contributed by atoms with E-state index in [2.05, 4.69) is 5.14 Å². The van der Waals surface area contributed by atoms with Crippen LogP contribution in [0.1, 0.15) is 13.3 Å². The average Bonchev–Trinajstić information content (AvgIpc) is 1.59. The molecule has 6 heteroatoms. The molecule has 0 radical (unpaired) electrons. The summed E-state index contributed by atoms with van der Waals surface area (Å²) in [7, 11) is -3.58. The Morgan fingerprint density at radius 2 is 2.20 bits per heavy atom. The summed E-state index contributed by atoms with van der Waals surface area (Å²) >= 11 is 0. The van der Waals surface area contributed by atoms with Crippen molar-refractivity contribution in [3.8, 4) is 0 Å². The van der Waals surface area contributed by atoms with Gasteiger partial charge in [-0.15, -0.1) is 0 Å². The molecule has 10 heavy (non-hydrogen) atoms. The summed E-state index contributed by atoms with van der Waals surface area (Å²) in [6.07, 6.45) is -0.134. The Morgan fingerprint density at radius 1 is 1.70 bits per heavy atom. The smallest absolute Gasteiger partial charge is 0.274 e. The van der Waals surface area contributed by atoms with Gasteiger partial charge in [0.05, 0.1) is 6.10 Å². The zero-order chi connectivity index (χ0) is 8.20. The van der Waals surface area contributed by atoms with Crippen molar-refractivity contribution in [3.63, 3.8) is 0 Å². The molecule has 5 nitrogen and oxygen atoms in total. The summed E-state index contributed by atoms with van der Waals surface area (Å²) in [6.45, 7) is 1.75. The van der Waals surface area contributed by atoms with Crippen LogP contribution in [0.3, 0.4) is 0 Å². The molecule has 0 amide bonds. The molecule has 0 aromatic carbocycles. The van der Waals surface area contributed by atoms with E-state index in [1.807, 2.05) is 4.72 Å². The van der Waals surface area contributed by atoms with Crippen LogP contribution < -0.4 is 9.86 Å². The zero-order valence-electron chi connectivity index (χ0n) is 5.74. The van der Waals surface area contributed by atoms with Crippen LogP contribution >= 0.6 is 0 Å². The third kappa shape index (κ3) is 7.83. The number of rotatable bonds is 4. The van der Waals surface area contributed by atoms with Gasteiger partial charge < -0.3 is 5.11 Å². The Labute approximate surface area is 60.4 Å². The summed E-state index contributed by atoms with van der Waals surface area (Å²) < 4.78 is 22.4. The van der Waals surface area contributed by atoms with Crippen LogP contribution in [-0.4, -0.2) is 26.2 Å². The molecule has 0 aliphatic heterocycles. The summed E-state index contributed by atoms with van der Waals surface area (Å²) in [5.74, 6) is 0. The quantitative estimate of drug-likeness (QED) is 0.479. The normalized spacial score (nSPS) is 15.1. The van der Waals surface area contributed by atoms with Crippen molar-refractivity contribution in [3.05, 3.63) is 0 Å². The van der Waals surface area contributed by atoms with Crippen molar-refractivity contribution >= 4 is 10.2 Å². The minimum atomic E-state index is -3.58. The third-order valence-corrected chi connectivity index (χ3v) is 1.47. The number of aliphatic hydroxyl groups is 1. The van der Waals surface area contributed by atoms with Gasteiger partial charge in [0, 0.05) is 6.54 Å². The van der Waals surface area contributed by atoms with Crippen LogP contribution in [0.25, 0.3) is 0 Å². The summed E-state index contributed by atoms with van der Waals surface area (Å²) in [5.41, 5.74) is 0. The SMILES string of the molecule is C[C@H](O)CCNS(N)(=O)=O. The highest BCUT2D eigenvalue weighted by molar-refractivity contribution is 7.87. The molecule has 0 unspecified atom stereocenters. The Hall–Kier alpha value is -0.170. The van der Waals surface area contributed by atoms with Gasteiger partial charge in [-0.25, -0.2) is 9.86 Å². The van der Waals surface area contributed by atoms with Crippen molar-refractivity contribution in [1.29, 1.82) is 0 Å². The van der Waals surface area contributed by atoms with Crippen LogP contribution in [-0.2, 0) is 10.2 Å². The predicted molar refractivity (Wildman–Crippen MR) is 37.4 cm³/mol. The van der Waals surface area contributed by atoms with Crippen molar-refractivity contribution in [2.45, 2.75) is 19.4 Å². The van der Waals surface area contributed by atoms with E-state index >= 15 is 0 Å². The molecule has 0 rings (SSSR count). The number of aliphatic hydroxyl groups excluding tert-OH is 1. The van der Waals surface area contributed by atoms with E-state index in [1.54, 1.807) is 6.92 Å². The lowest BCUT2D eigenvalue weighted by molar-refractivity contribution is 0.186. The third-order valence-electron chi connectivity index (χ3n) is 0.865. The lowest BCUT2D eigenvalue weighted by atomic mass is 10.3. The zero-order valence-corrected chi connectivity index (χ0v) is 6.56. The number of nitrogens with two attached hydrogens (primary N) is 1. The van der Waals surface area contributed by atoms with E-state index in [9.17, 15) is 8.42 Å².